The maximum absolute atomic E-state index is 5.46. The minimum Gasteiger partial charge on any atom is -0.497 e. The lowest BCUT2D eigenvalue weighted by atomic mass is 9.76. The van der Waals surface area contributed by atoms with Gasteiger partial charge < -0.3 is 14.2 Å². The van der Waals surface area contributed by atoms with E-state index >= 15 is 0 Å². The first-order valence-electron chi connectivity index (χ1n) is 5.67. The van der Waals surface area contributed by atoms with Gasteiger partial charge in [0.2, 0.25) is 0 Å². The molecule has 0 amide bonds. The summed E-state index contributed by atoms with van der Waals surface area (Å²) in [6.45, 7) is 1.49. The van der Waals surface area contributed by atoms with Gasteiger partial charge in [-0.15, -0.1) is 0 Å². The summed E-state index contributed by atoms with van der Waals surface area (Å²) < 4.78 is 16.0. The second-order valence-electron chi connectivity index (χ2n) is 4.31. The molecular formula is C13H18O3S. The molecule has 17 heavy (non-hydrogen) atoms. The zero-order valence-corrected chi connectivity index (χ0v) is 11.1. The van der Waals surface area contributed by atoms with Crippen LogP contribution in [0.2, 0.25) is 0 Å². The van der Waals surface area contributed by atoms with E-state index in [2.05, 4.69) is 18.7 Å². The van der Waals surface area contributed by atoms with Crippen molar-refractivity contribution < 1.29 is 14.2 Å². The summed E-state index contributed by atoms with van der Waals surface area (Å²) in [5.74, 6) is 2.53. The molecule has 1 heterocycles. The number of methoxy groups -OCH3 is 2. The third-order valence-corrected chi connectivity index (χ3v) is 3.55. The molecule has 0 saturated carbocycles. The average Bonchev–Trinajstić information content (AvgIpc) is 2.33. The molecule has 0 radical (unpaired) electrons. The molecule has 1 aromatic carbocycles. The Kier molecular flexibility index (Phi) is 3.84. The summed E-state index contributed by atoms with van der Waals surface area (Å²) in [5, 5.41) is 0. The maximum Gasteiger partial charge on any atom is 0.126 e. The highest BCUT2D eigenvalue weighted by atomic mass is 32.1. The van der Waals surface area contributed by atoms with Gasteiger partial charge in [0.1, 0.15) is 11.5 Å². The maximum atomic E-state index is 5.46. The Labute approximate surface area is 107 Å². The Morgan fingerprint density at radius 2 is 2.06 bits per heavy atom. The predicted molar refractivity (Wildman–Crippen MR) is 70.5 cm³/mol. The van der Waals surface area contributed by atoms with Gasteiger partial charge in [-0.05, 0) is 18.2 Å². The topological polar surface area (TPSA) is 27.7 Å². The summed E-state index contributed by atoms with van der Waals surface area (Å²) in [6, 6.07) is 5.97. The fraction of sp³-hybridized carbons (Fsp3) is 0.538. The van der Waals surface area contributed by atoms with E-state index in [9.17, 15) is 0 Å². The third kappa shape index (κ3) is 2.24. The van der Waals surface area contributed by atoms with E-state index in [1.54, 1.807) is 14.2 Å². The van der Waals surface area contributed by atoms with E-state index in [4.69, 9.17) is 14.2 Å². The summed E-state index contributed by atoms with van der Waals surface area (Å²) >= 11 is 4.33. The van der Waals surface area contributed by atoms with E-state index in [-0.39, 0.29) is 5.41 Å². The third-order valence-electron chi connectivity index (χ3n) is 3.33. The Hall–Kier alpha value is -0.870. The highest BCUT2D eigenvalue weighted by molar-refractivity contribution is 7.80. The summed E-state index contributed by atoms with van der Waals surface area (Å²) in [7, 11) is 3.34. The number of rotatable bonds is 5. The van der Waals surface area contributed by atoms with Gasteiger partial charge in [0.15, 0.2) is 0 Å². The second-order valence-corrected chi connectivity index (χ2v) is 4.76. The van der Waals surface area contributed by atoms with Crippen LogP contribution in [0.25, 0.3) is 0 Å². The highest BCUT2D eigenvalue weighted by Crippen LogP contribution is 2.42. The first-order chi connectivity index (χ1) is 8.25. The Bertz CT molecular complexity index is 388. The molecule has 0 unspecified atom stereocenters. The van der Waals surface area contributed by atoms with Crippen LogP contribution in [-0.4, -0.2) is 33.2 Å². The molecule has 0 aromatic heterocycles. The van der Waals surface area contributed by atoms with Crippen LogP contribution in [0.4, 0.5) is 0 Å². The number of ether oxygens (including phenoxy) is 3. The van der Waals surface area contributed by atoms with Crippen LogP contribution >= 0.6 is 12.6 Å². The van der Waals surface area contributed by atoms with Gasteiger partial charge in [-0.3, -0.25) is 0 Å². The van der Waals surface area contributed by atoms with Gasteiger partial charge in [-0.25, -0.2) is 0 Å². The first-order valence-corrected chi connectivity index (χ1v) is 6.30. The molecule has 0 aliphatic carbocycles. The monoisotopic (exact) mass is 254 g/mol. The smallest absolute Gasteiger partial charge is 0.126 e. The molecule has 0 N–H and O–H groups in total. The SMILES string of the molecule is COc1ccc(C2(CCS)COC2)c(OC)c1. The largest absolute Gasteiger partial charge is 0.497 e. The van der Waals surface area contributed by atoms with Gasteiger partial charge in [0.25, 0.3) is 0 Å². The highest BCUT2D eigenvalue weighted by Gasteiger charge is 2.41. The quantitative estimate of drug-likeness (QED) is 0.817. The van der Waals surface area contributed by atoms with Crippen molar-refractivity contribution in [2.75, 3.05) is 33.2 Å². The van der Waals surface area contributed by atoms with Crippen molar-refractivity contribution >= 4 is 12.6 Å². The van der Waals surface area contributed by atoms with Gasteiger partial charge in [-0.1, -0.05) is 6.07 Å². The zero-order valence-electron chi connectivity index (χ0n) is 10.2. The first kappa shape index (κ1) is 12.6. The van der Waals surface area contributed by atoms with Crippen LogP contribution in [-0.2, 0) is 10.2 Å². The fourth-order valence-electron chi connectivity index (χ4n) is 2.23. The van der Waals surface area contributed by atoms with Crippen molar-refractivity contribution in [2.45, 2.75) is 11.8 Å². The van der Waals surface area contributed by atoms with Crippen LogP contribution in [0.15, 0.2) is 18.2 Å². The molecule has 1 aliphatic heterocycles. The summed E-state index contributed by atoms with van der Waals surface area (Å²) in [6.07, 6.45) is 0.999. The van der Waals surface area contributed by atoms with Crippen molar-refractivity contribution in [3.05, 3.63) is 23.8 Å². The molecule has 1 aromatic rings. The molecule has 94 valence electrons. The van der Waals surface area contributed by atoms with Crippen molar-refractivity contribution in [2.24, 2.45) is 0 Å². The van der Waals surface area contributed by atoms with E-state index in [0.29, 0.717) is 0 Å². The standard InChI is InChI=1S/C13H18O3S/c1-14-10-3-4-11(12(7-10)15-2)13(5-6-17)8-16-9-13/h3-4,7,17H,5-6,8-9H2,1-2H3. The van der Waals surface area contributed by atoms with Crippen LogP contribution < -0.4 is 9.47 Å². The van der Waals surface area contributed by atoms with E-state index in [0.717, 1.165) is 36.9 Å². The Morgan fingerprint density at radius 3 is 2.53 bits per heavy atom. The van der Waals surface area contributed by atoms with E-state index in [1.165, 1.54) is 5.56 Å². The number of benzene rings is 1. The van der Waals surface area contributed by atoms with Gasteiger partial charge in [0.05, 0.1) is 27.4 Å². The van der Waals surface area contributed by atoms with Gasteiger partial charge >= 0.3 is 0 Å². The lowest BCUT2D eigenvalue weighted by Gasteiger charge is -2.42. The molecule has 0 spiro atoms. The number of hydrogen-bond donors (Lipinski definition) is 1. The van der Waals surface area contributed by atoms with Crippen molar-refractivity contribution in [3.8, 4) is 11.5 Å². The number of hydrogen-bond acceptors (Lipinski definition) is 4. The lowest BCUT2D eigenvalue weighted by molar-refractivity contribution is -0.0622. The lowest BCUT2D eigenvalue weighted by Crippen LogP contribution is -2.47. The molecule has 0 atom stereocenters. The molecule has 0 bridgehead atoms. The molecule has 1 fully saturated rings. The average molecular weight is 254 g/mol. The zero-order chi connectivity index (χ0) is 12.3. The summed E-state index contributed by atoms with van der Waals surface area (Å²) in [5.41, 5.74) is 1.26. The van der Waals surface area contributed by atoms with E-state index < -0.39 is 0 Å². The minimum absolute atomic E-state index is 0.0688. The second kappa shape index (κ2) is 5.19. The molecule has 3 nitrogen and oxygen atoms in total. The van der Waals surface area contributed by atoms with Crippen LogP contribution in [0.5, 0.6) is 11.5 Å². The fourth-order valence-corrected chi connectivity index (χ4v) is 2.66. The number of thiol groups is 1. The van der Waals surface area contributed by atoms with Crippen molar-refractivity contribution in [1.82, 2.24) is 0 Å². The Balaban J connectivity index is 2.36. The predicted octanol–water partition coefficient (Wildman–Crippen LogP) is 2.29. The molecule has 4 heteroatoms. The normalized spacial score (nSPS) is 17.4. The minimum atomic E-state index is 0.0688. The molecular weight excluding hydrogens is 236 g/mol. The summed E-state index contributed by atoms with van der Waals surface area (Å²) in [4.78, 5) is 0. The van der Waals surface area contributed by atoms with Gasteiger partial charge in [0, 0.05) is 17.0 Å². The van der Waals surface area contributed by atoms with Crippen molar-refractivity contribution in [3.63, 3.8) is 0 Å². The Morgan fingerprint density at radius 1 is 1.29 bits per heavy atom. The van der Waals surface area contributed by atoms with Crippen molar-refractivity contribution in [1.29, 1.82) is 0 Å². The van der Waals surface area contributed by atoms with Crippen LogP contribution in [0.3, 0.4) is 0 Å². The molecule has 1 aliphatic rings. The van der Waals surface area contributed by atoms with E-state index in [1.807, 2.05) is 12.1 Å². The van der Waals surface area contributed by atoms with Crippen LogP contribution in [0.1, 0.15) is 12.0 Å². The molecule has 1 saturated heterocycles. The molecule has 2 rings (SSSR count). The van der Waals surface area contributed by atoms with Gasteiger partial charge in [-0.2, -0.15) is 12.6 Å². The van der Waals surface area contributed by atoms with Crippen LogP contribution in [0, 0.1) is 0 Å².